The van der Waals surface area contributed by atoms with Gasteiger partial charge in [0.25, 0.3) is 0 Å². The van der Waals surface area contributed by atoms with E-state index < -0.39 is 10.0 Å². The predicted octanol–water partition coefficient (Wildman–Crippen LogP) is -0.345. The van der Waals surface area contributed by atoms with E-state index in [1.165, 1.54) is 14.1 Å². The lowest BCUT2D eigenvalue weighted by atomic mass is 10.3. The lowest BCUT2D eigenvalue weighted by molar-refractivity contribution is -0.120. The number of nitrogens with one attached hydrogen (secondary N) is 1. The highest BCUT2D eigenvalue weighted by Gasteiger charge is 2.20. The Hall–Kier alpha value is -1.80. The molecule has 0 aliphatic heterocycles. The zero-order valence-corrected chi connectivity index (χ0v) is 12.3. The Morgan fingerprint density at radius 1 is 1.45 bits per heavy atom. The zero-order chi connectivity index (χ0) is 15.2. The lowest BCUT2D eigenvalue weighted by Gasteiger charge is -2.16. The Labute approximate surface area is 118 Å². The Balaban J connectivity index is 2.49. The van der Waals surface area contributed by atoms with Gasteiger partial charge in [-0.25, -0.2) is 8.42 Å². The van der Waals surface area contributed by atoms with Crippen LogP contribution in [0.1, 0.15) is 0 Å². The first kappa shape index (κ1) is 16.3. The minimum absolute atomic E-state index is 0.0100. The van der Waals surface area contributed by atoms with Gasteiger partial charge in [-0.3, -0.25) is 4.79 Å². The van der Waals surface area contributed by atoms with Crippen LogP contribution in [-0.2, 0) is 14.8 Å². The minimum atomic E-state index is -3.53. The van der Waals surface area contributed by atoms with Gasteiger partial charge in [0.15, 0.2) is 0 Å². The van der Waals surface area contributed by atoms with Crippen LogP contribution in [0.3, 0.4) is 0 Å². The van der Waals surface area contributed by atoms with E-state index in [1.807, 2.05) is 0 Å². The van der Waals surface area contributed by atoms with Crippen LogP contribution in [0, 0.1) is 0 Å². The molecule has 7 nitrogen and oxygen atoms in total. The average Bonchev–Trinajstić information content (AvgIpc) is 2.38. The average molecular weight is 301 g/mol. The van der Waals surface area contributed by atoms with Crippen molar-refractivity contribution in [1.82, 2.24) is 9.62 Å². The maximum absolute atomic E-state index is 11.9. The van der Waals surface area contributed by atoms with E-state index in [0.717, 1.165) is 4.31 Å². The molecule has 0 aliphatic carbocycles. The summed E-state index contributed by atoms with van der Waals surface area (Å²) < 4.78 is 30.1. The van der Waals surface area contributed by atoms with Crippen LogP contribution in [-0.4, -0.2) is 51.6 Å². The molecule has 0 fully saturated rings. The van der Waals surface area contributed by atoms with Crippen molar-refractivity contribution in [1.29, 1.82) is 0 Å². The van der Waals surface area contributed by atoms with Gasteiger partial charge in [0.2, 0.25) is 15.9 Å². The smallest absolute Gasteiger partial charge is 0.235 e. The summed E-state index contributed by atoms with van der Waals surface area (Å²) in [6.07, 6.45) is 0. The second-order valence-corrected chi connectivity index (χ2v) is 6.36. The molecule has 0 radical (unpaired) electrons. The molecule has 1 aromatic rings. The minimum Gasteiger partial charge on any atom is -0.492 e. The summed E-state index contributed by atoms with van der Waals surface area (Å²) >= 11 is 0. The summed E-state index contributed by atoms with van der Waals surface area (Å²) in [4.78, 5) is 11.1. The van der Waals surface area contributed by atoms with Crippen molar-refractivity contribution >= 4 is 21.6 Å². The van der Waals surface area contributed by atoms with E-state index in [2.05, 4.69) is 5.32 Å². The predicted molar refractivity (Wildman–Crippen MR) is 76.8 cm³/mol. The SMILES string of the molecule is CNC(=O)CN(C)S(=O)(=O)CCOc1cccc(N)c1. The third-order valence-electron chi connectivity index (χ3n) is 2.59. The number of rotatable bonds is 7. The topological polar surface area (TPSA) is 102 Å². The van der Waals surface area contributed by atoms with Crippen molar-refractivity contribution < 1.29 is 17.9 Å². The highest BCUT2D eigenvalue weighted by Crippen LogP contribution is 2.14. The maximum atomic E-state index is 11.9. The number of likely N-dealkylation sites (N-methyl/N-ethyl adjacent to an activating group) is 2. The van der Waals surface area contributed by atoms with Crippen LogP contribution in [0.4, 0.5) is 5.69 Å². The Kier molecular flexibility index (Phi) is 5.78. The normalized spacial score (nSPS) is 11.3. The molecule has 1 amide bonds. The second-order valence-electron chi connectivity index (χ2n) is 4.17. The fraction of sp³-hybridized carbons (Fsp3) is 0.417. The number of benzene rings is 1. The van der Waals surface area contributed by atoms with Crippen LogP contribution in [0.5, 0.6) is 5.75 Å². The molecule has 1 rings (SSSR count). The second kappa shape index (κ2) is 7.11. The first-order valence-corrected chi connectivity index (χ1v) is 7.59. The number of ether oxygens (including phenoxy) is 1. The van der Waals surface area contributed by atoms with Gasteiger partial charge in [0, 0.05) is 25.8 Å². The van der Waals surface area contributed by atoms with Crippen LogP contribution in [0.25, 0.3) is 0 Å². The van der Waals surface area contributed by atoms with Crippen molar-refractivity contribution in [3.05, 3.63) is 24.3 Å². The van der Waals surface area contributed by atoms with Crippen LogP contribution >= 0.6 is 0 Å². The number of carbonyl (C=O) groups is 1. The number of hydrogen-bond acceptors (Lipinski definition) is 5. The van der Waals surface area contributed by atoms with Gasteiger partial charge < -0.3 is 15.8 Å². The van der Waals surface area contributed by atoms with Gasteiger partial charge in [-0.05, 0) is 12.1 Å². The molecular formula is C12H19N3O4S. The molecule has 8 heteroatoms. The number of sulfonamides is 1. The summed E-state index contributed by atoms with van der Waals surface area (Å²) in [6.45, 7) is -0.221. The molecule has 0 aliphatic rings. The summed E-state index contributed by atoms with van der Waals surface area (Å²) in [5, 5.41) is 2.37. The summed E-state index contributed by atoms with van der Waals surface area (Å²) in [6, 6.07) is 6.73. The van der Waals surface area contributed by atoms with Gasteiger partial charge in [-0.2, -0.15) is 4.31 Å². The number of nitrogens with two attached hydrogens (primary N) is 1. The van der Waals surface area contributed by atoms with Crippen LogP contribution < -0.4 is 15.8 Å². The molecule has 1 aromatic carbocycles. The molecule has 0 unspecified atom stereocenters. The van der Waals surface area contributed by atoms with Crippen molar-refractivity contribution in [2.24, 2.45) is 0 Å². The highest BCUT2D eigenvalue weighted by atomic mass is 32.2. The van der Waals surface area contributed by atoms with Gasteiger partial charge in [-0.1, -0.05) is 6.07 Å². The largest absolute Gasteiger partial charge is 0.492 e. The molecule has 0 aromatic heterocycles. The summed E-state index contributed by atoms with van der Waals surface area (Å²) in [7, 11) is -0.727. The van der Waals surface area contributed by atoms with Gasteiger partial charge in [-0.15, -0.1) is 0 Å². The number of anilines is 1. The number of amides is 1. The molecule has 0 bridgehead atoms. The van der Waals surface area contributed by atoms with Gasteiger partial charge in [0.05, 0.1) is 12.3 Å². The van der Waals surface area contributed by atoms with Crippen molar-refractivity contribution in [2.75, 3.05) is 38.7 Å². The fourth-order valence-electron chi connectivity index (χ4n) is 1.40. The van der Waals surface area contributed by atoms with Crippen molar-refractivity contribution in [3.63, 3.8) is 0 Å². The molecule has 112 valence electrons. The van der Waals surface area contributed by atoms with Crippen molar-refractivity contribution in [2.45, 2.75) is 0 Å². The molecule has 0 saturated carbocycles. The van der Waals surface area contributed by atoms with Crippen molar-refractivity contribution in [3.8, 4) is 5.75 Å². The molecule has 0 heterocycles. The molecule has 20 heavy (non-hydrogen) atoms. The summed E-state index contributed by atoms with van der Waals surface area (Å²) in [5.41, 5.74) is 6.13. The van der Waals surface area contributed by atoms with E-state index in [-0.39, 0.29) is 24.8 Å². The molecule has 0 saturated heterocycles. The molecule has 3 N–H and O–H groups in total. The monoisotopic (exact) mass is 301 g/mol. The highest BCUT2D eigenvalue weighted by molar-refractivity contribution is 7.89. The van der Waals surface area contributed by atoms with E-state index in [1.54, 1.807) is 24.3 Å². The lowest BCUT2D eigenvalue weighted by Crippen LogP contribution is -2.39. The third kappa shape index (κ3) is 5.06. The molecular weight excluding hydrogens is 282 g/mol. The van der Waals surface area contributed by atoms with E-state index in [9.17, 15) is 13.2 Å². The zero-order valence-electron chi connectivity index (χ0n) is 11.5. The number of nitrogens with zero attached hydrogens (tertiary/aromatic N) is 1. The third-order valence-corrected chi connectivity index (χ3v) is 4.35. The van der Waals surface area contributed by atoms with E-state index in [0.29, 0.717) is 11.4 Å². The van der Waals surface area contributed by atoms with Gasteiger partial charge >= 0.3 is 0 Å². The van der Waals surface area contributed by atoms with Crippen LogP contribution in [0.15, 0.2) is 24.3 Å². The standard InChI is InChI=1S/C12H19N3O4S/c1-14-12(16)9-15(2)20(17,18)7-6-19-11-5-3-4-10(13)8-11/h3-5,8H,6-7,9,13H2,1-2H3,(H,14,16). The number of carbonyl (C=O) groups excluding carboxylic acids is 1. The fourth-order valence-corrected chi connectivity index (χ4v) is 2.32. The van der Waals surface area contributed by atoms with Crippen LogP contribution in [0.2, 0.25) is 0 Å². The van der Waals surface area contributed by atoms with Gasteiger partial charge in [0.1, 0.15) is 12.4 Å². The Morgan fingerprint density at radius 2 is 2.15 bits per heavy atom. The molecule has 0 atom stereocenters. The number of hydrogen-bond donors (Lipinski definition) is 2. The quantitative estimate of drug-likeness (QED) is 0.671. The first-order valence-electron chi connectivity index (χ1n) is 5.98. The number of nitrogen functional groups attached to an aromatic ring is 1. The molecule has 0 spiro atoms. The first-order chi connectivity index (χ1) is 9.35. The van der Waals surface area contributed by atoms with E-state index >= 15 is 0 Å². The maximum Gasteiger partial charge on any atom is 0.235 e. The van der Waals surface area contributed by atoms with E-state index in [4.69, 9.17) is 10.5 Å². The Morgan fingerprint density at radius 3 is 2.75 bits per heavy atom. The Bertz CT molecular complexity index is 560. The summed E-state index contributed by atoms with van der Waals surface area (Å²) in [5.74, 6) is -0.0723.